The van der Waals surface area contributed by atoms with Crippen LogP contribution in [-0.2, 0) is 19.3 Å². The molecule has 1 unspecified atom stereocenters. The van der Waals surface area contributed by atoms with Gasteiger partial charge in [0.15, 0.2) is 5.82 Å². The molecular weight excluding hydrogens is 419 g/mol. The number of aryl methyl sites for hydroxylation is 1. The molecule has 2 heterocycles. The lowest BCUT2D eigenvalue weighted by atomic mass is 9.93. The molecular formula is C20H21Cl3N4O. The van der Waals surface area contributed by atoms with Crippen LogP contribution in [0.4, 0.5) is 0 Å². The van der Waals surface area contributed by atoms with Gasteiger partial charge in [0.2, 0.25) is 0 Å². The van der Waals surface area contributed by atoms with Gasteiger partial charge in [0.25, 0.3) is 5.56 Å². The first kappa shape index (κ1) is 20.9. The molecule has 1 aliphatic rings. The van der Waals surface area contributed by atoms with E-state index in [2.05, 4.69) is 15.4 Å². The van der Waals surface area contributed by atoms with Gasteiger partial charge in [-0.05, 0) is 62.1 Å². The number of hydrogen-bond acceptors (Lipinski definition) is 3. The predicted molar refractivity (Wildman–Crippen MR) is 115 cm³/mol. The van der Waals surface area contributed by atoms with E-state index in [0.717, 1.165) is 49.0 Å². The van der Waals surface area contributed by atoms with Crippen LogP contribution in [0.1, 0.15) is 23.2 Å². The number of aromatic nitrogens is 3. The van der Waals surface area contributed by atoms with Gasteiger partial charge in [-0.15, -0.1) is 12.4 Å². The molecule has 8 heteroatoms. The highest BCUT2D eigenvalue weighted by molar-refractivity contribution is 6.35. The highest BCUT2D eigenvalue weighted by Crippen LogP contribution is 2.22. The Morgan fingerprint density at radius 2 is 2.11 bits per heavy atom. The molecule has 0 fully saturated rings. The first-order valence-corrected chi connectivity index (χ1v) is 9.79. The fraction of sp³-hybridized carbons (Fsp3) is 0.300. The summed E-state index contributed by atoms with van der Waals surface area (Å²) in [7, 11) is 0. The largest absolute Gasteiger partial charge is 0.313 e. The fourth-order valence-corrected chi connectivity index (χ4v) is 4.06. The first-order valence-electron chi connectivity index (χ1n) is 9.03. The number of pyridine rings is 1. The minimum atomic E-state index is -0.00375. The van der Waals surface area contributed by atoms with E-state index < -0.39 is 0 Å². The highest BCUT2D eigenvalue weighted by Gasteiger charge is 2.24. The number of rotatable bonds is 5. The van der Waals surface area contributed by atoms with Crippen LogP contribution in [-0.4, -0.2) is 27.4 Å². The van der Waals surface area contributed by atoms with Crippen molar-refractivity contribution >= 4 is 35.6 Å². The Hall–Kier alpha value is -1.79. The van der Waals surface area contributed by atoms with E-state index in [1.165, 1.54) is 0 Å². The molecule has 5 nitrogen and oxygen atoms in total. The molecule has 1 aliphatic carbocycles. The summed E-state index contributed by atoms with van der Waals surface area (Å²) in [5.74, 6) is 0.624. The van der Waals surface area contributed by atoms with E-state index in [1.54, 1.807) is 16.9 Å². The summed E-state index contributed by atoms with van der Waals surface area (Å²) < 4.78 is 1.54. The van der Waals surface area contributed by atoms with Gasteiger partial charge in [-0.1, -0.05) is 35.3 Å². The lowest BCUT2D eigenvalue weighted by Crippen LogP contribution is -2.37. The average Bonchev–Trinajstić information content (AvgIpc) is 3.01. The van der Waals surface area contributed by atoms with Gasteiger partial charge in [-0.3, -0.25) is 9.89 Å². The molecule has 1 atom stereocenters. The van der Waals surface area contributed by atoms with E-state index in [4.69, 9.17) is 23.2 Å². The van der Waals surface area contributed by atoms with Crippen LogP contribution < -0.4 is 10.9 Å². The molecule has 1 aromatic carbocycles. The summed E-state index contributed by atoms with van der Waals surface area (Å²) in [6, 6.07) is 11.4. The van der Waals surface area contributed by atoms with Crippen molar-refractivity contribution in [1.29, 1.82) is 0 Å². The maximum absolute atomic E-state index is 12.8. The second kappa shape index (κ2) is 9.14. The minimum absolute atomic E-state index is 0. The third-order valence-electron chi connectivity index (χ3n) is 4.99. The number of hydrogen-bond donors (Lipinski definition) is 2. The second-order valence-corrected chi connectivity index (χ2v) is 7.62. The molecule has 0 spiro atoms. The number of nitrogens with one attached hydrogen (secondary N) is 2. The smallest absolute Gasteiger partial charge is 0.276 e. The van der Waals surface area contributed by atoms with Crippen LogP contribution in [0.3, 0.4) is 0 Å². The van der Waals surface area contributed by atoms with Gasteiger partial charge in [-0.25, -0.2) is 9.67 Å². The van der Waals surface area contributed by atoms with Crippen molar-refractivity contribution in [3.05, 3.63) is 79.8 Å². The Balaban J connectivity index is 0.00000225. The summed E-state index contributed by atoms with van der Waals surface area (Å²) in [6.45, 7) is 0.806. The monoisotopic (exact) mass is 438 g/mol. The molecule has 28 heavy (non-hydrogen) atoms. The predicted octanol–water partition coefficient (Wildman–Crippen LogP) is 3.98. The molecule has 148 valence electrons. The highest BCUT2D eigenvalue weighted by atomic mass is 35.5. The standard InChI is InChI=1S/C20H20Cl2N4O.ClH/c21-14-5-4-13(17(22)11-14)8-10-23-15-6-7-18-16(12-15)20(27)26(25-18)19-3-1-2-9-24-19;/h1-5,9,11,15,23,25H,6-8,10,12H2;1H. The topological polar surface area (TPSA) is 62.7 Å². The number of H-pyrrole nitrogens is 1. The van der Waals surface area contributed by atoms with Crippen LogP contribution in [0.2, 0.25) is 10.0 Å². The zero-order chi connectivity index (χ0) is 18.8. The molecule has 2 N–H and O–H groups in total. The Kier molecular flexibility index (Phi) is 6.83. The molecule has 4 rings (SSSR count). The summed E-state index contributed by atoms with van der Waals surface area (Å²) in [4.78, 5) is 17.0. The number of aromatic amines is 1. The van der Waals surface area contributed by atoms with Crippen molar-refractivity contribution in [2.75, 3.05) is 6.54 Å². The molecule has 3 aromatic rings. The van der Waals surface area contributed by atoms with Gasteiger partial charge in [0.1, 0.15) is 0 Å². The van der Waals surface area contributed by atoms with E-state index in [0.29, 0.717) is 15.9 Å². The minimum Gasteiger partial charge on any atom is -0.313 e. The summed E-state index contributed by atoms with van der Waals surface area (Å²) >= 11 is 12.2. The summed E-state index contributed by atoms with van der Waals surface area (Å²) in [5, 5.41) is 8.12. The Labute approximate surface area is 179 Å². The second-order valence-electron chi connectivity index (χ2n) is 6.78. The number of halogens is 3. The zero-order valence-electron chi connectivity index (χ0n) is 15.1. The number of fused-ring (bicyclic) bond motifs is 1. The Bertz CT molecular complexity index is 1000. The average molecular weight is 440 g/mol. The Morgan fingerprint density at radius 1 is 1.25 bits per heavy atom. The van der Waals surface area contributed by atoms with Gasteiger partial charge < -0.3 is 5.32 Å². The SMILES string of the molecule is Cl.O=c1c2c([nH]n1-c1ccccn1)CCC(NCCc1ccc(Cl)cc1Cl)C2. The van der Waals surface area contributed by atoms with Gasteiger partial charge in [-0.2, -0.15) is 0 Å². The molecule has 0 saturated carbocycles. The molecule has 0 saturated heterocycles. The summed E-state index contributed by atoms with van der Waals surface area (Å²) in [6.07, 6.45) is 5.07. The van der Waals surface area contributed by atoms with Crippen molar-refractivity contribution in [3.63, 3.8) is 0 Å². The van der Waals surface area contributed by atoms with E-state index in [9.17, 15) is 4.79 Å². The fourth-order valence-electron chi connectivity index (χ4n) is 3.56. The van der Waals surface area contributed by atoms with Crippen molar-refractivity contribution in [2.45, 2.75) is 31.7 Å². The van der Waals surface area contributed by atoms with Crippen molar-refractivity contribution in [2.24, 2.45) is 0 Å². The van der Waals surface area contributed by atoms with Crippen LogP contribution in [0.25, 0.3) is 5.82 Å². The van der Waals surface area contributed by atoms with Gasteiger partial charge in [0.05, 0.1) is 0 Å². The van der Waals surface area contributed by atoms with Crippen LogP contribution in [0, 0.1) is 0 Å². The van der Waals surface area contributed by atoms with Gasteiger partial charge in [0, 0.05) is 33.5 Å². The first-order chi connectivity index (χ1) is 13.1. The van der Waals surface area contributed by atoms with Crippen LogP contribution in [0.15, 0.2) is 47.4 Å². The maximum atomic E-state index is 12.8. The normalized spacial score (nSPS) is 15.7. The van der Waals surface area contributed by atoms with E-state index in [-0.39, 0.29) is 24.0 Å². The van der Waals surface area contributed by atoms with E-state index in [1.807, 2.05) is 30.3 Å². The zero-order valence-corrected chi connectivity index (χ0v) is 17.4. The molecule has 0 radical (unpaired) electrons. The van der Waals surface area contributed by atoms with Crippen LogP contribution >= 0.6 is 35.6 Å². The maximum Gasteiger partial charge on any atom is 0.276 e. The molecule has 0 bridgehead atoms. The lowest BCUT2D eigenvalue weighted by molar-refractivity contribution is 0.458. The number of benzene rings is 1. The van der Waals surface area contributed by atoms with Gasteiger partial charge >= 0.3 is 0 Å². The molecule has 0 aliphatic heterocycles. The Morgan fingerprint density at radius 3 is 2.86 bits per heavy atom. The van der Waals surface area contributed by atoms with E-state index >= 15 is 0 Å². The lowest BCUT2D eigenvalue weighted by Gasteiger charge is -2.22. The van der Waals surface area contributed by atoms with Crippen molar-refractivity contribution in [3.8, 4) is 5.82 Å². The third kappa shape index (κ3) is 4.44. The van der Waals surface area contributed by atoms with Crippen molar-refractivity contribution in [1.82, 2.24) is 20.1 Å². The van der Waals surface area contributed by atoms with Crippen molar-refractivity contribution < 1.29 is 0 Å². The third-order valence-corrected chi connectivity index (χ3v) is 5.57. The number of nitrogens with zero attached hydrogens (tertiary/aromatic N) is 2. The molecule has 0 amide bonds. The quantitative estimate of drug-likeness (QED) is 0.632. The van der Waals surface area contributed by atoms with Crippen LogP contribution in [0.5, 0.6) is 0 Å². The summed E-state index contributed by atoms with van der Waals surface area (Å²) in [5.41, 5.74) is 2.94. The molecule has 2 aromatic heterocycles.